The van der Waals surface area contributed by atoms with E-state index in [2.05, 4.69) is 42.5 Å². The second kappa shape index (κ2) is 8.45. The molecule has 0 heterocycles. The fourth-order valence-electron chi connectivity index (χ4n) is 2.46. The molecule has 0 atom stereocenters. The lowest BCUT2D eigenvalue weighted by Gasteiger charge is -2.13. The maximum Gasteiger partial charge on any atom is 0.259 e. The third-order valence-electron chi connectivity index (χ3n) is 3.83. The molecule has 0 saturated carbocycles. The standard InChI is InChI=1S/C20H14Br2N2O4/c21-11-5-7-17(25)13(9-11)19(27)23-15-3-1-2-4-16(15)24-20(28)14-10-12(22)6-8-18(14)26/h1-10,25-26H,(H,23,27)(H,24,28). The van der Waals surface area contributed by atoms with Gasteiger partial charge in [-0.25, -0.2) is 0 Å². The highest BCUT2D eigenvalue weighted by Crippen LogP contribution is 2.28. The molecule has 0 fully saturated rings. The number of nitrogens with one attached hydrogen (secondary N) is 2. The Kier molecular flexibility index (Phi) is 6.01. The van der Waals surface area contributed by atoms with Crippen molar-refractivity contribution in [3.8, 4) is 11.5 Å². The SMILES string of the molecule is O=C(Nc1ccccc1NC(=O)c1cc(Br)ccc1O)c1cc(Br)ccc1O. The van der Waals surface area contributed by atoms with Gasteiger partial charge in [0.05, 0.1) is 22.5 Å². The van der Waals surface area contributed by atoms with Gasteiger partial charge in [0.2, 0.25) is 0 Å². The molecule has 8 heteroatoms. The van der Waals surface area contributed by atoms with Crippen LogP contribution < -0.4 is 10.6 Å². The lowest BCUT2D eigenvalue weighted by atomic mass is 10.1. The van der Waals surface area contributed by atoms with E-state index in [-0.39, 0.29) is 22.6 Å². The highest BCUT2D eigenvalue weighted by Gasteiger charge is 2.16. The van der Waals surface area contributed by atoms with Crippen LogP contribution in [0.5, 0.6) is 11.5 Å². The van der Waals surface area contributed by atoms with E-state index in [9.17, 15) is 19.8 Å². The maximum atomic E-state index is 12.5. The minimum absolute atomic E-state index is 0.0835. The van der Waals surface area contributed by atoms with E-state index in [0.29, 0.717) is 20.3 Å². The molecular formula is C20H14Br2N2O4. The molecule has 0 aliphatic carbocycles. The van der Waals surface area contributed by atoms with Gasteiger partial charge in [-0.15, -0.1) is 0 Å². The fourth-order valence-corrected chi connectivity index (χ4v) is 3.18. The molecule has 0 aliphatic heterocycles. The van der Waals surface area contributed by atoms with E-state index in [0.717, 1.165) is 0 Å². The Morgan fingerprint density at radius 2 is 1.07 bits per heavy atom. The summed E-state index contributed by atoms with van der Waals surface area (Å²) in [5.74, 6) is -1.40. The molecule has 2 amide bonds. The average molecular weight is 506 g/mol. The zero-order valence-electron chi connectivity index (χ0n) is 14.2. The van der Waals surface area contributed by atoms with Crippen molar-refractivity contribution in [1.82, 2.24) is 0 Å². The molecule has 3 aromatic carbocycles. The number of para-hydroxylation sites is 2. The van der Waals surface area contributed by atoms with Crippen molar-refractivity contribution >= 4 is 55.0 Å². The molecule has 0 aliphatic rings. The highest BCUT2D eigenvalue weighted by atomic mass is 79.9. The van der Waals surface area contributed by atoms with Crippen LogP contribution in [0, 0.1) is 0 Å². The van der Waals surface area contributed by atoms with Crippen molar-refractivity contribution < 1.29 is 19.8 Å². The molecule has 0 saturated heterocycles. The molecule has 6 nitrogen and oxygen atoms in total. The average Bonchev–Trinajstić information content (AvgIpc) is 2.67. The van der Waals surface area contributed by atoms with Crippen molar-refractivity contribution in [1.29, 1.82) is 0 Å². The van der Waals surface area contributed by atoms with Gasteiger partial charge >= 0.3 is 0 Å². The first-order valence-corrected chi connectivity index (χ1v) is 9.62. The number of phenols is 2. The summed E-state index contributed by atoms with van der Waals surface area (Å²) in [6.07, 6.45) is 0. The topological polar surface area (TPSA) is 98.7 Å². The number of phenolic OH excluding ortho intramolecular Hbond substituents is 2. The number of amides is 2. The number of anilines is 2. The third-order valence-corrected chi connectivity index (χ3v) is 4.82. The first kappa shape index (κ1) is 19.9. The van der Waals surface area contributed by atoms with Crippen LogP contribution in [-0.2, 0) is 0 Å². The van der Waals surface area contributed by atoms with Crippen LogP contribution >= 0.6 is 31.9 Å². The normalized spacial score (nSPS) is 10.4. The zero-order chi connectivity index (χ0) is 20.3. The molecule has 0 unspecified atom stereocenters. The van der Waals surface area contributed by atoms with Gasteiger partial charge in [-0.05, 0) is 48.5 Å². The minimum atomic E-state index is -0.536. The maximum absolute atomic E-state index is 12.5. The Morgan fingerprint density at radius 1 is 0.679 bits per heavy atom. The predicted octanol–water partition coefficient (Wildman–Crippen LogP) is 5.13. The fraction of sp³-hybridized carbons (Fsp3) is 0. The number of aromatic hydroxyl groups is 2. The lowest BCUT2D eigenvalue weighted by molar-refractivity contribution is 0.101. The second-order valence-corrected chi connectivity index (χ2v) is 7.61. The summed E-state index contributed by atoms with van der Waals surface area (Å²) in [6.45, 7) is 0. The number of benzene rings is 3. The Labute approximate surface area is 177 Å². The van der Waals surface area contributed by atoms with Crippen molar-refractivity contribution in [2.24, 2.45) is 0 Å². The Balaban J connectivity index is 1.85. The van der Waals surface area contributed by atoms with Crippen LogP contribution in [0.2, 0.25) is 0 Å². The lowest BCUT2D eigenvalue weighted by Crippen LogP contribution is -2.17. The van der Waals surface area contributed by atoms with Gasteiger partial charge in [-0.3, -0.25) is 9.59 Å². The van der Waals surface area contributed by atoms with Gasteiger partial charge in [0, 0.05) is 8.95 Å². The Bertz CT molecular complexity index is 985. The number of hydrogen-bond acceptors (Lipinski definition) is 4. The van der Waals surface area contributed by atoms with E-state index in [1.807, 2.05) is 0 Å². The molecule has 142 valence electrons. The molecule has 3 rings (SSSR count). The van der Waals surface area contributed by atoms with Gasteiger partial charge in [0.15, 0.2) is 0 Å². The van der Waals surface area contributed by atoms with Crippen LogP contribution in [0.4, 0.5) is 11.4 Å². The van der Waals surface area contributed by atoms with Crippen molar-refractivity contribution in [3.63, 3.8) is 0 Å². The number of carbonyl (C=O) groups excluding carboxylic acids is 2. The first-order chi connectivity index (χ1) is 13.3. The van der Waals surface area contributed by atoms with Gasteiger partial charge in [0.1, 0.15) is 11.5 Å². The monoisotopic (exact) mass is 504 g/mol. The third kappa shape index (κ3) is 4.52. The summed E-state index contributed by atoms with van der Waals surface area (Å²) in [6, 6.07) is 15.6. The second-order valence-electron chi connectivity index (χ2n) is 5.78. The smallest absolute Gasteiger partial charge is 0.259 e. The quantitative estimate of drug-likeness (QED) is 0.395. The predicted molar refractivity (Wildman–Crippen MR) is 114 cm³/mol. The Hall–Kier alpha value is -2.84. The van der Waals surface area contributed by atoms with Crippen molar-refractivity contribution in [2.75, 3.05) is 10.6 Å². The summed E-state index contributed by atoms with van der Waals surface area (Å²) >= 11 is 6.52. The molecule has 28 heavy (non-hydrogen) atoms. The number of halogens is 2. The van der Waals surface area contributed by atoms with Gasteiger partial charge in [-0.2, -0.15) is 0 Å². The summed E-state index contributed by atoms with van der Waals surface area (Å²) in [4.78, 5) is 25.1. The highest BCUT2D eigenvalue weighted by molar-refractivity contribution is 9.10. The molecular weight excluding hydrogens is 492 g/mol. The molecule has 3 aromatic rings. The van der Waals surface area contributed by atoms with Crippen LogP contribution in [0.15, 0.2) is 69.6 Å². The van der Waals surface area contributed by atoms with Gasteiger partial charge in [-0.1, -0.05) is 44.0 Å². The van der Waals surface area contributed by atoms with Gasteiger partial charge in [0.25, 0.3) is 11.8 Å². The summed E-state index contributed by atoms with van der Waals surface area (Å²) in [5.41, 5.74) is 0.852. The molecule has 0 aromatic heterocycles. The zero-order valence-corrected chi connectivity index (χ0v) is 17.4. The molecule has 0 bridgehead atoms. The summed E-state index contributed by atoms with van der Waals surface area (Å²) in [7, 11) is 0. The van der Waals surface area contributed by atoms with E-state index in [1.165, 1.54) is 24.3 Å². The van der Waals surface area contributed by atoms with E-state index in [1.54, 1.807) is 36.4 Å². The summed E-state index contributed by atoms with van der Waals surface area (Å²) < 4.78 is 1.28. The van der Waals surface area contributed by atoms with Crippen molar-refractivity contribution in [3.05, 3.63) is 80.7 Å². The Morgan fingerprint density at radius 3 is 1.46 bits per heavy atom. The summed E-state index contributed by atoms with van der Waals surface area (Å²) in [5, 5.41) is 25.2. The number of rotatable bonds is 4. The van der Waals surface area contributed by atoms with Crippen molar-refractivity contribution in [2.45, 2.75) is 0 Å². The number of carbonyl (C=O) groups is 2. The van der Waals surface area contributed by atoms with Crippen LogP contribution in [-0.4, -0.2) is 22.0 Å². The van der Waals surface area contributed by atoms with Crippen LogP contribution in [0.25, 0.3) is 0 Å². The van der Waals surface area contributed by atoms with Crippen LogP contribution in [0.3, 0.4) is 0 Å². The number of hydrogen-bond donors (Lipinski definition) is 4. The van der Waals surface area contributed by atoms with Gasteiger partial charge < -0.3 is 20.8 Å². The van der Waals surface area contributed by atoms with E-state index in [4.69, 9.17) is 0 Å². The molecule has 0 spiro atoms. The first-order valence-electron chi connectivity index (χ1n) is 8.04. The molecule has 4 N–H and O–H groups in total. The van der Waals surface area contributed by atoms with E-state index < -0.39 is 11.8 Å². The van der Waals surface area contributed by atoms with Crippen LogP contribution in [0.1, 0.15) is 20.7 Å². The minimum Gasteiger partial charge on any atom is -0.507 e. The molecule has 0 radical (unpaired) electrons. The van der Waals surface area contributed by atoms with E-state index >= 15 is 0 Å². The largest absolute Gasteiger partial charge is 0.507 e.